The fraction of sp³-hybridized carbons (Fsp3) is 0.115. The zero-order valence-electron chi connectivity index (χ0n) is 34.7. The summed E-state index contributed by atoms with van der Waals surface area (Å²) in [4.78, 5) is 0. The Morgan fingerprint density at radius 3 is 2.05 bits per heavy atom. The monoisotopic (exact) mass is 792 g/mol. The van der Waals surface area contributed by atoms with Gasteiger partial charge >= 0.3 is 0 Å². The van der Waals surface area contributed by atoms with Crippen molar-refractivity contribution in [2.75, 3.05) is 0 Å². The maximum absolute atomic E-state index is 6.67. The maximum atomic E-state index is 6.67. The van der Waals surface area contributed by atoms with Crippen LogP contribution >= 0.6 is 0 Å². The minimum atomic E-state index is 0.241. The van der Waals surface area contributed by atoms with Crippen molar-refractivity contribution >= 4 is 65.7 Å². The number of hydrogen-bond acceptors (Lipinski definition) is 1. The summed E-state index contributed by atoms with van der Waals surface area (Å²) in [5.41, 5.74) is 15.5. The van der Waals surface area contributed by atoms with E-state index in [1.165, 1.54) is 98.6 Å². The van der Waals surface area contributed by atoms with E-state index in [1.54, 1.807) is 5.57 Å². The summed E-state index contributed by atoms with van der Waals surface area (Å²) in [6.07, 6.45) is 21.8. The highest BCUT2D eigenvalue weighted by Gasteiger charge is 2.37. The second-order valence-corrected chi connectivity index (χ2v) is 17.8. The lowest BCUT2D eigenvalue weighted by Gasteiger charge is -2.39. The average molecular weight is 793 g/mol. The van der Waals surface area contributed by atoms with Gasteiger partial charge in [0.15, 0.2) is 0 Å². The van der Waals surface area contributed by atoms with E-state index in [-0.39, 0.29) is 11.8 Å². The summed E-state index contributed by atoms with van der Waals surface area (Å²) in [7, 11) is 0. The average Bonchev–Trinajstić information content (AvgIpc) is 3.71. The predicted octanol–water partition coefficient (Wildman–Crippen LogP) is 16.5. The molecule has 1 heteroatoms. The molecule has 0 fully saturated rings. The highest BCUT2D eigenvalue weighted by atomic mass is 16.3. The van der Waals surface area contributed by atoms with Crippen molar-refractivity contribution in [2.45, 2.75) is 32.1 Å². The molecule has 0 amide bonds. The molecule has 9 aromatic rings. The lowest BCUT2D eigenvalue weighted by molar-refractivity contribution is 0.514. The van der Waals surface area contributed by atoms with Crippen molar-refractivity contribution in [2.24, 2.45) is 11.8 Å². The molecule has 1 aromatic heterocycles. The van der Waals surface area contributed by atoms with E-state index < -0.39 is 0 Å². The number of furan rings is 1. The first-order chi connectivity index (χ1) is 30.7. The van der Waals surface area contributed by atoms with Gasteiger partial charge in [0.05, 0.1) is 0 Å². The highest BCUT2D eigenvalue weighted by molar-refractivity contribution is 6.33. The Labute approximate surface area is 362 Å². The van der Waals surface area contributed by atoms with Gasteiger partial charge in [-0.05, 0) is 119 Å². The quantitative estimate of drug-likeness (QED) is 0.162. The van der Waals surface area contributed by atoms with Crippen LogP contribution < -0.4 is 0 Å². The summed E-state index contributed by atoms with van der Waals surface area (Å²) in [5, 5.41) is 11.7. The Balaban J connectivity index is 0.927. The van der Waals surface area contributed by atoms with Gasteiger partial charge in [-0.15, -0.1) is 0 Å². The van der Waals surface area contributed by atoms with Crippen molar-refractivity contribution in [1.82, 2.24) is 0 Å². The second kappa shape index (κ2) is 13.9. The Kier molecular flexibility index (Phi) is 7.97. The van der Waals surface area contributed by atoms with Gasteiger partial charge < -0.3 is 4.42 Å². The molecule has 4 aliphatic rings. The van der Waals surface area contributed by atoms with Crippen LogP contribution in [0.3, 0.4) is 0 Å². The second-order valence-electron chi connectivity index (χ2n) is 17.8. The third-order valence-electron chi connectivity index (χ3n) is 14.3. The van der Waals surface area contributed by atoms with Crippen molar-refractivity contribution in [3.63, 3.8) is 0 Å². The standard InChI is InChI=1S/C61H44O/c1-37-28-33-47-54-27-13-26-42(61(54)62-57(47)34-37)40-14-12-15-41(35-40)59-52-24-10-8-22-50(52)58(51-23-9-11-25-53(51)59)39-31-29-38(30-32-39)55-36-56-45-18-3-2-16-43(45)44-17-4-6-20-48(44)60(56)49-21-7-5-19-46(49)55/h2-8,10-22,24-33,35-37,50,58H,9,23,34H2,1H3. The Morgan fingerprint density at radius 1 is 0.532 bits per heavy atom. The molecule has 294 valence electrons. The molecule has 0 radical (unpaired) electrons. The van der Waals surface area contributed by atoms with Crippen LogP contribution in [0.1, 0.15) is 48.1 Å². The lowest BCUT2D eigenvalue weighted by Crippen LogP contribution is -2.24. The SMILES string of the molecule is CC1C=Cc2c(oc3c(-c4cccc(C5=C6C=CC=CC6C(c6ccc(-c7cc8c9ccccc9c9ccccc9c8c8ccccc78)cc6)C6=C5C=CCC6)c4)cccc23)C1. The van der Waals surface area contributed by atoms with E-state index in [2.05, 4.69) is 201 Å². The maximum Gasteiger partial charge on any atom is 0.142 e. The first kappa shape index (κ1) is 35.5. The molecule has 0 N–H and O–H groups in total. The van der Waals surface area contributed by atoms with Crippen molar-refractivity contribution in [1.29, 1.82) is 0 Å². The van der Waals surface area contributed by atoms with Crippen molar-refractivity contribution < 1.29 is 4.42 Å². The van der Waals surface area contributed by atoms with Gasteiger partial charge in [0.2, 0.25) is 0 Å². The van der Waals surface area contributed by atoms with Gasteiger partial charge in [-0.3, -0.25) is 0 Å². The largest absolute Gasteiger partial charge is 0.460 e. The smallest absolute Gasteiger partial charge is 0.142 e. The van der Waals surface area contributed by atoms with Crippen LogP contribution in [0.5, 0.6) is 0 Å². The first-order valence-corrected chi connectivity index (χ1v) is 22.4. The van der Waals surface area contributed by atoms with Gasteiger partial charge in [-0.25, -0.2) is 0 Å². The fourth-order valence-electron chi connectivity index (χ4n) is 11.5. The molecule has 3 atom stereocenters. The molecule has 13 rings (SSSR count). The van der Waals surface area contributed by atoms with Gasteiger partial charge in [0, 0.05) is 34.8 Å². The number of fused-ring (bicyclic) bond motifs is 12. The third-order valence-corrected chi connectivity index (χ3v) is 14.3. The topological polar surface area (TPSA) is 13.1 Å². The number of rotatable bonds is 4. The Bertz CT molecular complexity index is 3560. The number of benzene rings is 8. The zero-order chi connectivity index (χ0) is 40.9. The normalized spacial score (nSPS) is 19.3. The van der Waals surface area contributed by atoms with E-state index in [0.717, 1.165) is 36.2 Å². The molecule has 0 saturated heterocycles. The number of hydrogen-bond donors (Lipinski definition) is 0. The molecule has 0 aliphatic heterocycles. The van der Waals surface area contributed by atoms with E-state index in [9.17, 15) is 0 Å². The van der Waals surface area contributed by atoms with Crippen molar-refractivity contribution in [3.05, 3.63) is 227 Å². The fourth-order valence-corrected chi connectivity index (χ4v) is 11.5. The molecule has 62 heavy (non-hydrogen) atoms. The minimum absolute atomic E-state index is 0.241. The summed E-state index contributed by atoms with van der Waals surface area (Å²) < 4.78 is 6.67. The molecular weight excluding hydrogens is 749 g/mol. The molecule has 4 aliphatic carbocycles. The Morgan fingerprint density at radius 2 is 1.23 bits per heavy atom. The predicted molar refractivity (Wildman–Crippen MR) is 262 cm³/mol. The molecule has 8 aromatic carbocycles. The number of allylic oxidation sites excluding steroid dienone is 11. The lowest BCUT2D eigenvalue weighted by atomic mass is 9.64. The molecule has 1 nitrogen and oxygen atoms in total. The van der Waals surface area contributed by atoms with Gasteiger partial charge in [0.1, 0.15) is 11.3 Å². The van der Waals surface area contributed by atoms with E-state index in [4.69, 9.17) is 4.42 Å². The van der Waals surface area contributed by atoms with Crippen LogP contribution in [0.15, 0.2) is 209 Å². The van der Waals surface area contributed by atoms with Crippen LogP contribution in [0.4, 0.5) is 0 Å². The van der Waals surface area contributed by atoms with E-state index >= 15 is 0 Å². The molecule has 1 heterocycles. The number of para-hydroxylation sites is 1. The summed E-state index contributed by atoms with van der Waals surface area (Å²) >= 11 is 0. The summed E-state index contributed by atoms with van der Waals surface area (Å²) in [6.45, 7) is 2.26. The summed E-state index contributed by atoms with van der Waals surface area (Å²) in [5.74, 6) is 2.09. The first-order valence-electron chi connectivity index (χ1n) is 22.4. The van der Waals surface area contributed by atoms with Crippen LogP contribution in [0.2, 0.25) is 0 Å². The Hall–Kier alpha value is -7.22. The van der Waals surface area contributed by atoms with E-state index in [0.29, 0.717) is 5.92 Å². The van der Waals surface area contributed by atoms with Crippen LogP contribution in [0, 0.1) is 11.8 Å². The third kappa shape index (κ3) is 5.34. The van der Waals surface area contributed by atoms with Crippen LogP contribution in [0.25, 0.3) is 88.0 Å². The van der Waals surface area contributed by atoms with Crippen LogP contribution in [-0.2, 0) is 6.42 Å². The van der Waals surface area contributed by atoms with Gasteiger partial charge in [-0.2, -0.15) is 0 Å². The molecule has 0 saturated carbocycles. The minimum Gasteiger partial charge on any atom is -0.460 e. The highest BCUT2D eigenvalue weighted by Crippen LogP contribution is 2.53. The zero-order valence-corrected chi connectivity index (χ0v) is 34.7. The molecule has 0 bridgehead atoms. The van der Waals surface area contributed by atoms with Crippen LogP contribution in [-0.4, -0.2) is 0 Å². The molecular formula is C61H44O. The van der Waals surface area contributed by atoms with E-state index in [1.807, 2.05) is 0 Å². The molecule has 0 spiro atoms. The van der Waals surface area contributed by atoms with Crippen molar-refractivity contribution in [3.8, 4) is 22.3 Å². The van der Waals surface area contributed by atoms with Gasteiger partial charge in [0.25, 0.3) is 0 Å². The summed E-state index contributed by atoms with van der Waals surface area (Å²) in [6, 6.07) is 54.8. The van der Waals surface area contributed by atoms with Gasteiger partial charge in [-0.1, -0.05) is 195 Å². The molecule has 3 unspecified atom stereocenters.